The van der Waals surface area contributed by atoms with Gasteiger partial charge < -0.3 is 4.74 Å². The third kappa shape index (κ3) is 3.76. The number of amides is 2. The molecule has 2 atom stereocenters. The first-order valence-corrected chi connectivity index (χ1v) is 10.6. The number of ether oxygens (including phenoxy) is 1. The maximum atomic E-state index is 12.7. The Morgan fingerprint density at radius 2 is 1.40 bits per heavy atom. The fourth-order valence-electron chi connectivity index (χ4n) is 4.35. The van der Waals surface area contributed by atoms with Gasteiger partial charge in [-0.1, -0.05) is 45.7 Å². The van der Waals surface area contributed by atoms with Gasteiger partial charge in [-0.05, 0) is 60.2 Å². The van der Waals surface area contributed by atoms with Crippen LogP contribution >= 0.6 is 0 Å². The normalized spacial score (nSPS) is 21.5. The van der Waals surface area contributed by atoms with Crippen LogP contribution in [0.5, 0.6) is 5.75 Å². The van der Waals surface area contributed by atoms with Gasteiger partial charge in [-0.3, -0.25) is 14.5 Å². The Bertz CT molecular complexity index is 946. The van der Waals surface area contributed by atoms with Crippen molar-refractivity contribution in [2.75, 3.05) is 4.90 Å². The number of fused-ring (bicyclic) bond motifs is 1. The van der Waals surface area contributed by atoms with Crippen molar-refractivity contribution in [3.8, 4) is 5.75 Å². The first-order valence-electron chi connectivity index (χ1n) is 10.6. The highest BCUT2D eigenvalue weighted by molar-refractivity contribution is 6.22. The van der Waals surface area contributed by atoms with Crippen LogP contribution in [-0.4, -0.2) is 17.8 Å². The van der Waals surface area contributed by atoms with E-state index in [-0.39, 0.29) is 29.1 Å². The number of hydrogen-bond donors (Lipinski definition) is 0. The minimum Gasteiger partial charge on any atom is -0.423 e. The summed E-state index contributed by atoms with van der Waals surface area (Å²) < 4.78 is 5.47. The molecule has 1 aliphatic carbocycles. The number of hydrogen-bond acceptors (Lipinski definition) is 4. The van der Waals surface area contributed by atoms with E-state index in [1.807, 2.05) is 12.1 Å². The Morgan fingerprint density at radius 1 is 0.867 bits per heavy atom. The summed E-state index contributed by atoms with van der Waals surface area (Å²) in [5, 5.41) is 0. The number of rotatable bonds is 3. The molecule has 30 heavy (non-hydrogen) atoms. The molecule has 1 saturated heterocycles. The predicted octanol–water partition coefficient (Wildman–Crippen LogP) is 4.88. The molecule has 0 radical (unpaired) electrons. The van der Waals surface area contributed by atoms with Crippen LogP contribution in [-0.2, 0) is 15.0 Å². The number of imide groups is 1. The fourth-order valence-corrected chi connectivity index (χ4v) is 4.35. The van der Waals surface area contributed by atoms with E-state index < -0.39 is 5.97 Å². The number of nitrogens with zero attached hydrogens (tertiary/aromatic N) is 1. The molecule has 0 spiro atoms. The maximum absolute atomic E-state index is 12.7. The summed E-state index contributed by atoms with van der Waals surface area (Å²) in [7, 11) is 0. The van der Waals surface area contributed by atoms with E-state index in [2.05, 4.69) is 20.8 Å². The molecule has 0 aromatic heterocycles. The molecule has 0 N–H and O–H groups in total. The van der Waals surface area contributed by atoms with Crippen molar-refractivity contribution in [1.29, 1.82) is 0 Å². The molecule has 2 aromatic rings. The van der Waals surface area contributed by atoms with Crippen LogP contribution in [0.3, 0.4) is 0 Å². The average Bonchev–Trinajstić information content (AvgIpc) is 2.98. The lowest BCUT2D eigenvalue weighted by molar-refractivity contribution is -0.122. The monoisotopic (exact) mass is 405 g/mol. The van der Waals surface area contributed by atoms with Crippen molar-refractivity contribution in [3.63, 3.8) is 0 Å². The van der Waals surface area contributed by atoms with E-state index in [4.69, 9.17) is 4.74 Å². The summed E-state index contributed by atoms with van der Waals surface area (Å²) in [6.45, 7) is 6.38. The topological polar surface area (TPSA) is 63.7 Å². The van der Waals surface area contributed by atoms with Gasteiger partial charge in [0.15, 0.2) is 0 Å². The molecule has 0 unspecified atom stereocenters. The number of carbonyl (C=O) groups is 3. The molecule has 2 aromatic carbocycles. The third-order valence-electron chi connectivity index (χ3n) is 6.13. The standard InChI is InChI=1S/C25H27NO4/c1-25(2,3)17-10-14-19(15-11-17)30-24(29)16-8-12-18(13-9-16)26-22(27)20-6-4-5-7-21(20)23(26)28/h8-15,20-21H,4-7H2,1-3H3/t20-,21-/m0/s1. The minimum absolute atomic E-state index is 0.0281. The molecule has 5 heteroatoms. The Balaban J connectivity index is 1.46. The van der Waals surface area contributed by atoms with Gasteiger partial charge in [0.05, 0.1) is 23.1 Å². The highest BCUT2D eigenvalue weighted by Crippen LogP contribution is 2.40. The predicted molar refractivity (Wildman–Crippen MR) is 114 cm³/mol. The van der Waals surface area contributed by atoms with E-state index in [0.29, 0.717) is 17.0 Å². The first kappa shape index (κ1) is 20.3. The van der Waals surface area contributed by atoms with Crippen LogP contribution in [0.1, 0.15) is 62.4 Å². The van der Waals surface area contributed by atoms with Gasteiger partial charge in [0.25, 0.3) is 0 Å². The molecule has 156 valence electrons. The second-order valence-corrected chi connectivity index (χ2v) is 9.22. The third-order valence-corrected chi connectivity index (χ3v) is 6.13. The molecule has 2 amide bonds. The molecule has 2 fully saturated rings. The van der Waals surface area contributed by atoms with Crippen LogP contribution in [0.25, 0.3) is 0 Å². The molecular weight excluding hydrogens is 378 g/mol. The average molecular weight is 405 g/mol. The molecule has 1 aliphatic heterocycles. The van der Waals surface area contributed by atoms with Gasteiger partial charge in [-0.15, -0.1) is 0 Å². The molecule has 0 bridgehead atoms. The first-order chi connectivity index (χ1) is 14.3. The lowest BCUT2D eigenvalue weighted by Crippen LogP contribution is -2.30. The zero-order chi connectivity index (χ0) is 21.5. The second-order valence-electron chi connectivity index (χ2n) is 9.22. The molecule has 2 aliphatic rings. The van der Waals surface area contributed by atoms with Crippen molar-refractivity contribution in [3.05, 3.63) is 59.7 Å². The van der Waals surface area contributed by atoms with Gasteiger partial charge in [-0.25, -0.2) is 4.79 Å². The Labute approximate surface area is 177 Å². The number of carbonyl (C=O) groups excluding carboxylic acids is 3. The van der Waals surface area contributed by atoms with E-state index in [1.165, 1.54) is 4.90 Å². The van der Waals surface area contributed by atoms with Crippen LogP contribution in [0.4, 0.5) is 5.69 Å². The Hall–Kier alpha value is -2.95. The lowest BCUT2D eigenvalue weighted by atomic mass is 9.81. The van der Waals surface area contributed by atoms with Crippen LogP contribution < -0.4 is 9.64 Å². The SMILES string of the molecule is CC(C)(C)c1ccc(OC(=O)c2ccc(N3C(=O)[C@H]4CCCC[C@@H]4C3=O)cc2)cc1. The quantitative estimate of drug-likeness (QED) is 0.415. The van der Waals surface area contributed by atoms with Crippen molar-refractivity contribution in [1.82, 2.24) is 0 Å². The van der Waals surface area contributed by atoms with E-state index in [0.717, 1.165) is 31.2 Å². The summed E-state index contributed by atoms with van der Waals surface area (Å²) in [5.41, 5.74) is 2.08. The van der Waals surface area contributed by atoms with Crippen molar-refractivity contribution in [2.24, 2.45) is 11.8 Å². The summed E-state index contributed by atoms with van der Waals surface area (Å²) >= 11 is 0. The highest BCUT2D eigenvalue weighted by atomic mass is 16.5. The van der Waals surface area contributed by atoms with Crippen LogP contribution in [0.2, 0.25) is 0 Å². The Morgan fingerprint density at radius 3 is 1.90 bits per heavy atom. The molecule has 5 nitrogen and oxygen atoms in total. The van der Waals surface area contributed by atoms with Crippen molar-refractivity contribution in [2.45, 2.75) is 51.9 Å². The van der Waals surface area contributed by atoms with Gasteiger partial charge in [-0.2, -0.15) is 0 Å². The van der Waals surface area contributed by atoms with Crippen LogP contribution in [0, 0.1) is 11.8 Å². The zero-order valence-electron chi connectivity index (χ0n) is 17.7. The van der Waals surface area contributed by atoms with Crippen molar-refractivity contribution < 1.29 is 19.1 Å². The van der Waals surface area contributed by atoms with E-state index >= 15 is 0 Å². The fraction of sp³-hybridized carbons (Fsp3) is 0.400. The van der Waals surface area contributed by atoms with E-state index in [1.54, 1.807) is 36.4 Å². The summed E-state index contributed by atoms with van der Waals surface area (Å²) in [6.07, 6.45) is 3.55. The zero-order valence-corrected chi connectivity index (χ0v) is 17.7. The van der Waals surface area contributed by atoms with Gasteiger partial charge in [0.1, 0.15) is 5.75 Å². The second kappa shape index (κ2) is 7.71. The smallest absolute Gasteiger partial charge is 0.343 e. The minimum atomic E-state index is -0.474. The Kier molecular flexibility index (Phi) is 5.22. The number of anilines is 1. The molecule has 4 rings (SSSR count). The molecule has 1 saturated carbocycles. The maximum Gasteiger partial charge on any atom is 0.343 e. The van der Waals surface area contributed by atoms with Gasteiger partial charge in [0.2, 0.25) is 11.8 Å². The highest BCUT2D eigenvalue weighted by Gasteiger charge is 2.48. The summed E-state index contributed by atoms with van der Waals surface area (Å²) in [4.78, 5) is 39.2. The van der Waals surface area contributed by atoms with Gasteiger partial charge >= 0.3 is 5.97 Å². The molecule has 1 heterocycles. The largest absolute Gasteiger partial charge is 0.423 e. The summed E-state index contributed by atoms with van der Waals surface area (Å²) in [5.74, 6) is -0.597. The van der Waals surface area contributed by atoms with Crippen LogP contribution in [0.15, 0.2) is 48.5 Å². The lowest BCUT2D eigenvalue weighted by Gasteiger charge is -2.19. The van der Waals surface area contributed by atoms with Gasteiger partial charge in [0, 0.05) is 0 Å². The summed E-state index contributed by atoms with van der Waals surface area (Å²) in [6, 6.07) is 14.0. The van der Waals surface area contributed by atoms with Crippen molar-refractivity contribution >= 4 is 23.5 Å². The van der Waals surface area contributed by atoms with E-state index in [9.17, 15) is 14.4 Å². The molecular formula is C25H27NO4. The number of esters is 1. The number of benzene rings is 2.